The van der Waals surface area contributed by atoms with Gasteiger partial charge in [-0.15, -0.1) is 0 Å². The minimum Gasteiger partial charge on any atom is -0.467 e. The molecule has 0 bridgehead atoms. The van der Waals surface area contributed by atoms with Gasteiger partial charge >= 0.3 is 11.9 Å². The molecule has 0 aromatic rings. The molecule has 5 heteroatoms. The van der Waals surface area contributed by atoms with Crippen LogP contribution >= 0.6 is 0 Å². The van der Waals surface area contributed by atoms with Crippen molar-refractivity contribution in [2.45, 2.75) is 19.8 Å². The number of esters is 2. The van der Waals surface area contributed by atoms with Crippen molar-refractivity contribution >= 4 is 11.9 Å². The third-order valence-electron chi connectivity index (χ3n) is 1.39. The second kappa shape index (κ2) is 8.50. The number of methoxy groups -OCH3 is 1. The summed E-state index contributed by atoms with van der Waals surface area (Å²) in [6.07, 6.45) is 1.18. The highest BCUT2D eigenvalue weighted by atomic mass is 16.6. The second-order valence-corrected chi connectivity index (χ2v) is 2.60. The number of carbonyl (C=O) groups is 2. The van der Waals surface area contributed by atoms with Crippen molar-refractivity contribution in [1.29, 1.82) is 0 Å². The van der Waals surface area contributed by atoms with E-state index in [1.54, 1.807) is 0 Å². The fraction of sp³-hybridized carbons (Fsp3) is 0.778. The summed E-state index contributed by atoms with van der Waals surface area (Å²) in [6, 6.07) is 0. The van der Waals surface area contributed by atoms with E-state index in [2.05, 4.69) is 4.74 Å². The van der Waals surface area contributed by atoms with Crippen molar-refractivity contribution < 1.29 is 23.8 Å². The van der Waals surface area contributed by atoms with Crippen molar-refractivity contribution in [1.82, 2.24) is 0 Å². The maximum Gasteiger partial charge on any atom is 0.331 e. The average molecular weight is 204 g/mol. The molecule has 0 aliphatic rings. The molecule has 5 nitrogen and oxygen atoms in total. The van der Waals surface area contributed by atoms with Gasteiger partial charge in [0.2, 0.25) is 0 Å². The Hall–Kier alpha value is -1.10. The predicted octanol–water partition coefficient (Wildman–Crippen LogP) is 0.519. The first kappa shape index (κ1) is 12.9. The third kappa shape index (κ3) is 7.54. The Morgan fingerprint density at radius 2 is 1.86 bits per heavy atom. The molecule has 0 fully saturated rings. The maximum atomic E-state index is 10.8. The molecule has 0 spiro atoms. The van der Waals surface area contributed by atoms with E-state index >= 15 is 0 Å². The molecule has 0 aliphatic carbocycles. The fourth-order valence-electron chi connectivity index (χ4n) is 0.705. The molecule has 0 saturated carbocycles. The van der Waals surface area contributed by atoms with Crippen LogP contribution in [-0.4, -0.2) is 38.9 Å². The van der Waals surface area contributed by atoms with Crippen LogP contribution in [0.3, 0.4) is 0 Å². The Morgan fingerprint density at radius 1 is 1.14 bits per heavy atom. The van der Waals surface area contributed by atoms with Gasteiger partial charge in [0, 0.05) is 6.42 Å². The van der Waals surface area contributed by atoms with E-state index in [0.29, 0.717) is 6.42 Å². The average Bonchev–Trinajstić information content (AvgIpc) is 2.17. The SMILES string of the molecule is CCCC(=O)OCCOCC(=O)OC. The molecule has 0 heterocycles. The summed E-state index contributed by atoms with van der Waals surface area (Å²) < 4.78 is 14.0. The van der Waals surface area contributed by atoms with Crippen LogP contribution in [-0.2, 0) is 23.8 Å². The van der Waals surface area contributed by atoms with Gasteiger partial charge in [0.25, 0.3) is 0 Å². The summed E-state index contributed by atoms with van der Waals surface area (Å²) in [5.74, 6) is -0.681. The predicted molar refractivity (Wildman–Crippen MR) is 48.7 cm³/mol. The molecule has 0 rings (SSSR count). The van der Waals surface area contributed by atoms with Gasteiger partial charge in [-0.1, -0.05) is 6.92 Å². The van der Waals surface area contributed by atoms with Gasteiger partial charge in [0.15, 0.2) is 0 Å². The highest BCUT2D eigenvalue weighted by molar-refractivity contribution is 5.70. The van der Waals surface area contributed by atoms with E-state index in [1.165, 1.54) is 7.11 Å². The Morgan fingerprint density at radius 3 is 2.43 bits per heavy atom. The molecule has 0 N–H and O–H groups in total. The Kier molecular flexibility index (Phi) is 7.83. The monoisotopic (exact) mass is 204 g/mol. The van der Waals surface area contributed by atoms with E-state index in [0.717, 1.165) is 6.42 Å². The van der Waals surface area contributed by atoms with Crippen molar-refractivity contribution in [3.63, 3.8) is 0 Å². The van der Waals surface area contributed by atoms with E-state index < -0.39 is 5.97 Å². The maximum absolute atomic E-state index is 10.8. The molecule has 0 aliphatic heterocycles. The molecule has 0 aromatic heterocycles. The Labute approximate surface area is 83.3 Å². The quantitative estimate of drug-likeness (QED) is 0.447. The minimum atomic E-state index is -0.440. The summed E-state index contributed by atoms with van der Waals surface area (Å²) in [7, 11) is 1.28. The Bertz CT molecular complexity index is 178. The van der Waals surface area contributed by atoms with Gasteiger partial charge in [0.1, 0.15) is 13.2 Å². The van der Waals surface area contributed by atoms with Crippen LogP contribution in [0.1, 0.15) is 19.8 Å². The zero-order valence-electron chi connectivity index (χ0n) is 8.58. The summed E-state index contributed by atoms with van der Waals surface area (Å²) in [6.45, 7) is 2.18. The lowest BCUT2D eigenvalue weighted by molar-refractivity contribution is -0.148. The van der Waals surface area contributed by atoms with E-state index in [4.69, 9.17) is 9.47 Å². The first-order valence-electron chi connectivity index (χ1n) is 4.50. The van der Waals surface area contributed by atoms with E-state index in [-0.39, 0.29) is 25.8 Å². The lowest BCUT2D eigenvalue weighted by Crippen LogP contribution is -2.15. The number of rotatable bonds is 7. The van der Waals surface area contributed by atoms with Crippen molar-refractivity contribution in [2.24, 2.45) is 0 Å². The second-order valence-electron chi connectivity index (χ2n) is 2.60. The number of ether oxygens (including phenoxy) is 3. The minimum absolute atomic E-state index is 0.109. The van der Waals surface area contributed by atoms with Gasteiger partial charge < -0.3 is 14.2 Å². The number of hydrogen-bond acceptors (Lipinski definition) is 5. The van der Waals surface area contributed by atoms with Crippen molar-refractivity contribution in [2.75, 3.05) is 26.9 Å². The molecule has 0 unspecified atom stereocenters. The van der Waals surface area contributed by atoms with Crippen LogP contribution in [0.4, 0.5) is 0 Å². The topological polar surface area (TPSA) is 61.8 Å². The van der Waals surface area contributed by atoms with Gasteiger partial charge in [-0.3, -0.25) is 4.79 Å². The van der Waals surface area contributed by atoms with Gasteiger partial charge in [-0.2, -0.15) is 0 Å². The van der Waals surface area contributed by atoms with E-state index in [9.17, 15) is 9.59 Å². The van der Waals surface area contributed by atoms with Crippen LogP contribution in [0.5, 0.6) is 0 Å². The highest BCUT2D eigenvalue weighted by Crippen LogP contribution is 1.90. The van der Waals surface area contributed by atoms with Crippen molar-refractivity contribution in [3.05, 3.63) is 0 Å². The fourth-order valence-corrected chi connectivity index (χ4v) is 0.705. The van der Waals surface area contributed by atoms with Crippen LogP contribution in [0.25, 0.3) is 0 Å². The molecular formula is C9H16O5. The zero-order valence-corrected chi connectivity index (χ0v) is 8.58. The zero-order chi connectivity index (χ0) is 10.8. The normalized spacial score (nSPS) is 9.57. The first-order chi connectivity index (χ1) is 6.70. The van der Waals surface area contributed by atoms with Crippen LogP contribution in [0.2, 0.25) is 0 Å². The standard InChI is InChI=1S/C9H16O5/c1-3-4-8(10)14-6-5-13-7-9(11)12-2/h3-7H2,1-2H3. The summed E-state index contributed by atoms with van der Waals surface area (Å²) in [5.41, 5.74) is 0. The summed E-state index contributed by atoms with van der Waals surface area (Å²) in [5, 5.41) is 0. The van der Waals surface area contributed by atoms with E-state index in [1.807, 2.05) is 6.92 Å². The molecular weight excluding hydrogens is 188 g/mol. The lowest BCUT2D eigenvalue weighted by Gasteiger charge is -2.04. The van der Waals surface area contributed by atoms with Crippen LogP contribution in [0, 0.1) is 0 Å². The smallest absolute Gasteiger partial charge is 0.331 e. The highest BCUT2D eigenvalue weighted by Gasteiger charge is 2.01. The molecule has 0 saturated heterocycles. The number of carbonyl (C=O) groups excluding carboxylic acids is 2. The summed E-state index contributed by atoms with van der Waals surface area (Å²) in [4.78, 5) is 21.4. The molecule has 14 heavy (non-hydrogen) atoms. The third-order valence-corrected chi connectivity index (χ3v) is 1.39. The van der Waals surface area contributed by atoms with Crippen molar-refractivity contribution in [3.8, 4) is 0 Å². The van der Waals surface area contributed by atoms with Crippen LogP contribution in [0.15, 0.2) is 0 Å². The molecule has 0 radical (unpaired) electrons. The largest absolute Gasteiger partial charge is 0.467 e. The van der Waals surface area contributed by atoms with Gasteiger partial charge in [0.05, 0.1) is 13.7 Å². The molecule has 82 valence electrons. The van der Waals surface area contributed by atoms with Crippen LogP contribution < -0.4 is 0 Å². The lowest BCUT2D eigenvalue weighted by atomic mass is 10.3. The first-order valence-corrected chi connectivity index (χ1v) is 4.50. The Balaban J connectivity index is 3.21. The molecule has 0 atom stereocenters. The summed E-state index contributed by atoms with van der Waals surface area (Å²) >= 11 is 0. The number of hydrogen-bond donors (Lipinski definition) is 0. The van der Waals surface area contributed by atoms with Gasteiger partial charge in [-0.05, 0) is 6.42 Å². The van der Waals surface area contributed by atoms with Gasteiger partial charge in [-0.25, -0.2) is 4.79 Å². The molecule has 0 amide bonds. The molecule has 0 aromatic carbocycles.